The van der Waals surface area contributed by atoms with Crippen molar-refractivity contribution in [3.8, 4) is 11.5 Å². The fraction of sp³-hybridized carbons (Fsp3) is 0.806. The predicted molar refractivity (Wildman–Crippen MR) is 180 cm³/mol. The van der Waals surface area contributed by atoms with Crippen LogP contribution in [0.1, 0.15) is 131 Å². The van der Waals surface area contributed by atoms with E-state index in [-0.39, 0.29) is 0 Å². The van der Waals surface area contributed by atoms with Gasteiger partial charge in [0.1, 0.15) is 6.29 Å². The molecule has 1 saturated heterocycles. The quantitative estimate of drug-likeness (QED) is 0.142. The average Bonchev–Trinajstić information content (AvgIpc) is 3.62. The van der Waals surface area contributed by atoms with Crippen LogP contribution in [0.25, 0.3) is 0 Å². The molecule has 0 aromatic heterocycles. The molecule has 0 amide bonds. The average molecular weight is 594 g/mol. The van der Waals surface area contributed by atoms with Crippen molar-refractivity contribution in [1.82, 2.24) is 4.90 Å². The summed E-state index contributed by atoms with van der Waals surface area (Å²) in [6.45, 7) is 18.9. The third kappa shape index (κ3) is 17.5. The first-order valence-corrected chi connectivity index (χ1v) is 17.2. The maximum atomic E-state index is 11.2. The highest BCUT2D eigenvalue weighted by molar-refractivity contribution is 5.52. The van der Waals surface area contributed by atoms with E-state index >= 15 is 0 Å². The highest BCUT2D eigenvalue weighted by atomic mass is 16.7. The van der Waals surface area contributed by atoms with E-state index < -0.39 is 0 Å². The first-order valence-electron chi connectivity index (χ1n) is 17.2. The Labute approximate surface area is 261 Å². The molecule has 3 rings (SSSR count). The minimum atomic E-state index is 0.305. The van der Waals surface area contributed by atoms with Gasteiger partial charge >= 0.3 is 0 Å². The number of benzene rings is 1. The number of hydrogen-bond donors (Lipinski definition) is 0. The van der Waals surface area contributed by atoms with E-state index in [9.17, 15) is 4.79 Å². The summed E-state index contributed by atoms with van der Waals surface area (Å²) in [5, 5.41) is 0. The van der Waals surface area contributed by atoms with Gasteiger partial charge in [-0.3, -0.25) is 4.90 Å². The van der Waals surface area contributed by atoms with Crippen LogP contribution in [-0.2, 0) is 9.53 Å². The van der Waals surface area contributed by atoms with Gasteiger partial charge in [-0.25, -0.2) is 0 Å². The minimum Gasteiger partial charge on any atom is -0.454 e. The Hall–Kier alpha value is -1.63. The molecule has 0 radical (unpaired) electrons. The summed E-state index contributed by atoms with van der Waals surface area (Å²) < 4.78 is 18.1. The molecule has 2 aliphatic rings. The highest BCUT2D eigenvalue weighted by Gasteiger charge is 2.33. The summed E-state index contributed by atoms with van der Waals surface area (Å²) in [5.74, 6) is 2.10. The molecule has 1 aromatic carbocycles. The molecule has 42 heavy (non-hydrogen) atoms. The van der Waals surface area contributed by atoms with E-state index in [2.05, 4.69) is 72.8 Å². The number of nitrogens with zero attached hydrogens (tertiary/aromatic N) is 2. The van der Waals surface area contributed by atoms with Crippen LogP contribution in [0, 0.1) is 0 Å². The van der Waals surface area contributed by atoms with Crippen molar-refractivity contribution in [3.63, 3.8) is 0 Å². The maximum Gasteiger partial charge on any atom is 0.231 e. The molecule has 3 atom stereocenters. The highest BCUT2D eigenvalue weighted by Crippen LogP contribution is 2.39. The normalized spacial score (nSPS) is 18.1. The minimum absolute atomic E-state index is 0.305. The number of fused-ring (bicyclic) bond motifs is 1. The van der Waals surface area contributed by atoms with Gasteiger partial charge < -0.3 is 23.5 Å². The van der Waals surface area contributed by atoms with E-state index in [1.165, 1.54) is 44.2 Å². The Kier molecular flexibility index (Phi) is 23.8. The molecule has 0 saturated carbocycles. The summed E-state index contributed by atoms with van der Waals surface area (Å²) in [6.07, 6.45) is 14.7. The van der Waals surface area contributed by atoms with Crippen LogP contribution in [-0.4, -0.2) is 82.0 Å². The summed E-state index contributed by atoms with van der Waals surface area (Å²) in [4.78, 5) is 13.5. The zero-order valence-electron chi connectivity index (χ0n) is 29.4. The van der Waals surface area contributed by atoms with Crippen LogP contribution in [0.15, 0.2) is 18.2 Å². The zero-order valence-corrected chi connectivity index (χ0v) is 29.4. The van der Waals surface area contributed by atoms with E-state index in [0.29, 0.717) is 31.4 Å². The van der Waals surface area contributed by atoms with E-state index in [0.717, 1.165) is 73.9 Å². The maximum absolute atomic E-state index is 11.2. The molecule has 0 spiro atoms. The molecular weight excluding hydrogens is 524 g/mol. The van der Waals surface area contributed by atoms with Crippen LogP contribution < -0.4 is 9.47 Å². The Morgan fingerprint density at radius 2 is 1.60 bits per heavy atom. The fourth-order valence-electron chi connectivity index (χ4n) is 5.29. The smallest absolute Gasteiger partial charge is 0.231 e. The standard InChI is InChI=1S/C22H33NO4.C7H18N.C5H12.C2H6/c1-3-5-20(25-12-4-2)8-7-19-13-18(15-23(19)10-11-24)17-6-9-21-22(14-17)27-16-26-21;1-5-6-7-8(2,3)4;1-3-5-4-2;1-2/h6,9,11,14,18-20H,3-5,7-8,10,12-13,15-16H2,1-2H3;5-7H2,1-4H3;3-5H2,1-2H3;1-2H3/q;+1;;. The first kappa shape index (κ1) is 40.4. The number of rotatable bonds is 16. The van der Waals surface area contributed by atoms with Crippen LogP contribution in [0.4, 0.5) is 0 Å². The SMILES string of the molecule is CC.CCCCC.CCCC[N+](C)(C)C.CCCOC(CCC)CCC1CC(c2ccc3c(c2)OCO3)CN1CC=O. The van der Waals surface area contributed by atoms with Crippen LogP contribution in [0.2, 0.25) is 0 Å². The molecule has 1 fully saturated rings. The molecule has 0 N–H and O–H groups in total. The largest absolute Gasteiger partial charge is 0.454 e. The van der Waals surface area contributed by atoms with Crippen molar-refractivity contribution in [2.24, 2.45) is 0 Å². The Balaban J connectivity index is 0.000000932. The monoisotopic (exact) mass is 594 g/mol. The van der Waals surface area contributed by atoms with E-state index in [1.54, 1.807) is 0 Å². The van der Waals surface area contributed by atoms with Gasteiger partial charge in [0, 0.05) is 19.2 Å². The molecule has 3 unspecified atom stereocenters. The molecule has 1 aromatic rings. The Bertz CT molecular complexity index is 778. The molecule has 2 heterocycles. The first-order chi connectivity index (χ1) is 20.2. The van der Waals surface area contributed by atoms with E-state index in [1.807, 2.05) is 19.9 Å². The number of likely N-dealkylation sites (tertiary alicyclic amines) is 1. The van der Waals surface area contributed by atoms with Gasteiger partial charge in [0.15, 0.2) is 11.5 Å². The number of aldehydes is 1. The van der Waals surface area contributed by atoms with Crippen LogP contribution in [0.5, 0.6) is 11.5 Å². The fourth-order valence-corrected chi connectivity index (χ4v) is 5.29. The number of ether oxygens (including phenoxy) is 3. The lowest BCUT2D eigenvalue weighted by molar-refractivity contribution is -0.870. The predicted octanol–water partition coefficient (Wildman–Crippen LogP) is 8.86. The second-order valence-electron chi connectivity index (χ2n) is 12.4. The van der Waals surface area contributed by atoms with Gasteiger partial charge in [0.2, 0.25) is 6.79 Å². The molecular formula is C36H69N2O4+. The van der Waals surface area contributed by atoms with Crippen molar-refractivity contribution in [3.05, 3.63) is 23.8 Å². The lowest BCUT2D eigenvalue weighted by atomic mass is 9.94. The molecule has 2 aliphatic heterocycles. The van der Waals surface area contributed by atoms with E-state index in [4.69, 9.17) is 14.2 Å². The summed E-state index contributed by atoms with van der Waals surface area (Å²) >= 11 is 0. The lowest BCUT2D eigenvalue weighted by Crippen LogP contribution is -2.35. The second kappa shape index (κ2) is 24.8. The number of hydrogen-bond acceptors (Lipinski definition) is 5. The van der Waals surface area contributed by atoms with Crippen LogP contribution >= 0.6 is 0 Å². The number of carbonyl (C=O) groups excluding carboxylic acids is 1. The van der Waals surface area contributed by atoms with Gasteiger partial charge in [0.25, 0.3) is 0 Å². The number of quaternary nitrogens is 1. The third-order valence-electron chi connectivity index (χ3n) is 7.58. The second-order valence-corrected chi connectivity index (χ2v) is 12.4. The molecule has 6 nitrogen and oxygen atoms in total. The topological polar surface area (TPSA) is 48.0 Å². The number of carbonyl (C=O) groups is 1. The molecule has 246 valence electrons. The third-order valence-corrected chi connectivity index (χ3v) is 7.58. The van der Waals surface area contributed by atoms with Crippen molar-refractivity contribution in [2.75, 3.05) is 54.2 Å². The zero-order chi connectivity index (χ0) is 31.8. The van der Waals surface area contributed by atoms with Crippen LogP contribution in [0.3, 0.4) is 0 Å². The summed E-state index contributed by atoms with van der Waals surface area (Å²) in [5.41, 5.74) is 1.28. The van der Waals surface area contributed by atoms with Crippen molar-refractivity contribution in [2.45, 2.75) is 137 Å². The molecule has 6 heteroatoms. The van der Waals surface area contributed by atoms with Gasteiger partial charge in [-0.05, 0) is 62.1 Å². The van der Waals surface area contributed by atoms with Gasteiger partial charge in [-0.2, -0.15) is 0 Å². The summed E-state index contributed by atoms with van der Waals surface area (Å²) in [7, 11) is 6.70. The van der Waals surface area contributed by atoms with Gasteiger partial charge in [-0.15, -0.1) is 0 Å². The Morgan fingerprint density at radius 1 is 0.929 bits per heavy atom. The van der Waals surface area contributed by atoms with Gasteiger partial charge in [-0.1, -0.05) is 86.6 Å². The molecule has 0 aliphatic carbocycles. The molecule has 0 bridgehead atoms. The van der Waals surface area contributed by atoms with Crippen molar-refractivity contribution in [1.29, 1.82) is 0 Å². The van der Waals surface area contributed by atoms with Crippen molar-refractivity contribution >= 4 is 6.29 Å². The lowest BCUT2D eigenvalue weighted by Gasteiger charge is -2.24. The Morgan fingerprint density at radius 3 is 2.12 bits per heavy atom. The van der Waals surface area contributed by atoms with Crippen molar-refractivity contribution < 1.29 is 23.5 Å². The summed E-state index contributed by atoms with van der Waals surface area (Å²) in [6, 6.07) is 6.70. The number of unbranched alkanes of at least 4 members (excludes halogenated alkanes) is 3. The van der Waals surface area contributed by atoms with Gasteiger partial charge in [0.05, 0.1) is 40.3 Å².